The van der Waals surface area contributed by atoms with Crippen molar-refractivity contribution in [2.75, 3.05) is 19.7 Å². The summed E-state index contributed by atoms with van der Waals surface area (Å²) in [6.07, 6.45) is 5.07. The van der Waals surface area contributed by atoms with Gasteiger partial charge in [-0.05, 0) is 31.6 Å². The third kappa shape index (κ3) is 3.68. The van der Waals surface area contributed by atoms with Crippen LogP contribution in [0.2, 0.25) is 0 Å². The van der Waals surface area contributed by atoms with Gasteiger partial charge in [0.15, 0.2) is 0 Å². The molecule has 0 spiro atoms. The van der Waals surface area contributed by atoms with Gasteiger partial charge in [-0.2, -0.15) is 0 Å². The van der Waals surface area contributed by atoms with Crippen LogP contribution in [0.4, 0.5) is 0 Å². The SMILES string of the molecule is CC1CC(N)CN(C(=O)CC2CCCCO2)C1. The van der Waals surface area contributed by atoms with Crippen molar-refractivity contribution in [2.45, 2.75) is 51.2 Å². The average molecular weight is 240 g/mol. The highest BCUT2D eigenvalue weighted by Gasteiger charge is 2.27. The van der Waals surface area contributed by atoms with Crippen molar-refractivity contribution < 1.29 is 9.53 Å². The number of rotatable bonds is 2. The van der Waals surface area contributed by atoms with E-state index in [9.17, 15) is 4.79 Å². The molecule has 4 heteroatoms. The Morgan fingerprint density at radius 1 is 1.41 bits per heavy atom. The van der Waals surface area contributed by atoms with Crippen LogP contribution in [0, 0.1) is 5.92 Å². The van der Waals surface area contributed by atoms with Gasteiger partial charge in [-0.3, -0.25) is 4.79 Å². The van der Waals surface area contributed by atoms with Gasteiger partial charge < -0.3 is 15.4 Å². The summed E-state index contributed by atoms with van der Waals surface area (Å²) < 4.78 is 5.61. The summed E-state index contributed by atoms with van der Waals surface area (Å²) in [4.78, 5) is 14.1. The molecule has 17 heavy (non-hydrogen) atoms. The van der Waals surface area contributed by atoms with Crippen molar-refractivity contribution in [1.82, 2.24) is 4.90 Å². The molecule has 4 nitrogen and oxygen atoms in total. The third-order valence-corrected chi connectivity index (χ3v) is 3.72. The maximum Gasteiger partial charge on any atom is 0.225 e. The number of carbonyl (C=O) groups is 1. The highest BCUT2D eigenvalue weighted by Crippen LogP contribution is 2.20. The maximum absolute atomic E-state index is 12.1. The zero-order chi connectivity index (χ0) is 12.3. The van der Waals surface area contributed by atoms with E-state index in [4.69, 9.17) is 10.5 Å². The second-order valence-corrected chi connectivity index (χ2v) is 5.59. The Hall–Kier alpha value is -0.610. The van der Waals surface area contributed by atoms with E-state index in [0.29, 0.717) is 12.3 Å². The number of nitrogens with zero attached hydrogens (tertiary/aromatic N) is 1. The molecule has 2 N–H and O–H groups in total. The minimum absolute atomic E-state index is 0.143. The van der Waals surface area contributed by atoms with Crippen molar-refractivity contribution >= 4 is 5.91 Å². The lowest BCUT2D eigenvalue weighted by Gasteiger charge is -2.36. The van der Waals surface area contributed by atoms with Gasteiger partial charge >= 0.3 is 0 Å². The fourth-order valence-electron chi connectivity index (χ4n) is 2.90. The molecule has 3 unspecified atom stereocenters. The number of piperidine rings is 1. The van der Waals surface area contributed by atoms with E-state index < -0.39 is 0 Å². The van der Waals surface area contributed by atoms with Crippen LogP contribution in [-0.4, -0.2) is 42.6 Å². The number of amides is 1. The van der Waals surface area contributed by atoms with Crippen molar-refractivity contribution in [3.63, 3.8) is 0 Å². The Bertz CT molecular complexity index is 254. The first-order valence-electron chi connectivity index (χ1n) is 6.80. The van der Waals surface area contributed by atoms with Gasteiger partial charge in [-0.25, -0.2) is 0 Å². The zero-order valence-electron chi connectivity index (χ0n) is 10.7. The number of hydrogen-bond donors (Lipinski definition) is 1. The molecule has 0 radical (unpaired) electrons. The highest BCUT2D eigenvalue weighted by molar-refractivity contribution is 5.76. The predicted octanol–water partition coefficient (Wildman–Crippen LogP) is 1.14. The molecule has 0 aromatic heterocycles. The van der Waals surface area contributed by atoms with Crippen molar-refractivity contribution in [3.05, 3.63) is 0 Å². The first-order valence-corrected chi connectivity index (χ1v) is 6.80. The molecule has 0 aliphatic carbocycles. The van der Waals surface area contributed by atoms with Crippen molar-refractivity contribution in [2.24, 2.45) is 11.7 Å². The van der Waals surface area contributed by atoms with E-state index >= 15 is 0 Å². The molecule has 0 aromatic carbocycles. The monoisotopic (exact) mass is 240 g/mol. The molecular formula is C13H24N2O2. The minimum atomic E-state index is 0.143. The van der Waals surface area contributed by atoms with Crippen LogP contribution in [0.25, 0.3) is 0 Å². The van der Waals surface area contributed by atoms with Crippen LogP contribution in [-0.2, 0) is 9.53 Å². The summed E-state index contributed by atoms with van der Waals surface area (Å²) in [6.45, 7) is 4.55. The van der Waals surface area contributed by atoms with Gasteiger partial charge in [0, 0.05) is 25.7 Å². The van der Waals surface area contributed by atoms with Crippen molar-refractivity contribution in [1.29, 1.82) is 0 Å². The van der Waals surface area contributed by atoms with E-state index in [1.165, 1.54) is 6.42 Å². The number of likely N-dealkylation sites (tertiary alicyclic amines) is 1. The normalized spacial score (nSPS) is 34.7. The molecule has 1 amide bonds. The van der Waals surface area contributed by atoms with E-state index in [1.54, 1.807) is 0 Å². The van der Waals surface area contributed by atoms with Gasteiger partial charge in [0.25, 0.3) is 0 Å². The minimum Gasteiger partial charge on any atom is -0.378 e. The summed E-state index contributed by atoms with van der Waals surface area (Å²) in [6, 6.07) is 0.148. The lowest BCUT2D eigenvalue weighted by molar-refractivity contribution is -0.137. The maximum atomic E-state index is 12.1. The molecule has 2 saturated heterocycles. The summed E-state index contributed by atoms with van der Waals surface area (Å²) in [5.74, 6) is 0.744. The quantitative estimate of drug-likeness (QED) is 0.787. The van der Waals surface area contributed by atoms with Gasteiger partial charge in [0.2, 0.25) is 5.91 Å². The summed E-state index contributed by atoms with van der Waals surface area (Å²) >= 11 is 0. The molecule has 98 valence electrons. The fraction of sp³-hybridized carbons (Fsp3) is 0.923. The van der Waals surface area contributed by atoms with Crippen LogP contribution < -0.4 is 5.73 Å². The van der Waals surface area contributed by atoms with E-state index in [-0.39, 0.29) is 18.1 Å². The fourth-order valence-corrected chi connectivity index (χ4v) is 2.90. The second kappa shape index (κ2) is 5.83. The number of nitrogens with two attached hydrogens (primary N) is 1. The summed E-state index contributed by atoms with van der Waals surface area (Å²) in [5, 5.41) is 0. The molecule has 2 aliphatic rings. The Morgan fingerprint density at radius 3 is 2.88 bits per heavy atom. The van der Waals surface area contributed by atoms with Gasteiger partial charge in [-0.15, -0.1) is 0 Å². The summed E-state index contributed by atoms with van der Waals surface area (Å²) in [7, 11) is 0. The average Bonchev–Trinajstić information content (AvgIpc) is 2.29. The van der Waals surface area contributed by atoms with Gasteiger partial charge in [0.05, 0.1) is 12.5 Å². The Labute approximate surface area is 103 Å². The number of carbonyl (C=O) groups excluding carboxylic acids is 1. The number of hydrogen-bond acceptors (Lipinski definition) is 3. The van der Waals surface area contributed by atoms with Crippen molar-refractivity contribution in [3.8, 4) is 0 Å². The zero-order valence-corrected chi connectivity index (χ0v) is 10.7. The molecule has 2 heterocycles. The summed E-state index contributed by atoms with van der Waals surface area (Å²) in [5.41, 5.74) is 5.96. The molecule has 0 saturated carbocycles. The second-order valence-electron chi connectivity index (χ2n) is 5.59. The Kier molecular flexibility index (Phi) is 4.40. The smallest absolute Gasteiger partial charge is 0.225 e. The van der Waals surface area contributed by atoms with Crippen LogP contribution in [0.15, 0.2) is 0 Å². The lowest BCUT2D eigenvalue weighted by atomic mass is 9.96. The van der Waals surface area contributed by atoms with Crippen LogP contribution in [0.5, 0.6) is 0 Å². The standard InChI is InChI=1S/C13H24N2O2/c1-10-6-11(14)9-15(8-10)13(16)7-12-4-2-3-5-17-12/h10-12H,2-9,14H2,1H3. The van der Waals surface area contributed by atoms with Crippen LogP contribution >= 0.6 is 0 Å². The molecular weight excluding hydrogens is 216 g/mol. The van der Waals surface area contributed by atoms with E-state index in [0.717, 1.165) is 39.0 Å². The highest BCUT2D eigenvalue weighted by atomic mass is 16.5. The van der Waals surface area contributed by atoms with Crippen LogP contribution in [0.3, 0.4) is 0 Å². The first-order chi connectivity index (χ1) is 8.15. The molecule has 2 fully saturated rings. The first kappa shape index (κ1) is 12.8. The molecule has 3 atom stereocenters. The molecule has 0 bridgehead atoms. The van der Waals surface area contributed by atoms with E-state index in [2.05, 4.69) is 6.92 Å². The third-order valence-electron chi connectivity index (χ3n) is 3.72. The predicted molar refractivity (Wildman–Crippen MR) is 66.5 cm³/mol. The molecule has 0 aromatic rings. The lowest BCUT2D eigenvalue weighted by Crippen LogP contribution is -2.49. The molecule has 2 aliphatic heterocycles. The van der Waals surface area contributed by atoms with E-state index in [1.807, 2.05) is 4.90 Å². The van der Waals surface area contributed by atoms with Gasteiger partial charge in [0.1, 0.15) is 0 Å². The Morgan fingerprint density at radius 2 is 2.24 bits per heavy atom. The Balaban J connectivity index is 1.81. The topological polar surface area (TPSA) is 55.6 Å². The van der Waals surface area contributed by atoms with Gasteiger partial charge in [-0.1, -0.05) is 6.92 Å². The van der Waals surface area contributed by atoms with Crippen LogP contribution in [0.1, 0.15) is 39.0 Å². The number of ether oxygens (including phenoxy) is 1. The molecule has 2 rings (SSSR count). The largest absolute Gasteiger partial charge is 0.378 e.